The highest BCUT2D eigenvalue weighted by Crippen LogP contribution is 2.39. The van der Waals surface area contributed by atoms with Crippen LogP contribution in [0.5, 0.6) is 5.75 Å². The van der Waals surface area contributed by atoms with Crippen LogP contribution >= 0.6 is 11.6 Å². The van der Waals surface area contributed by atoms with E-state index in [1.165, 1.54) is 0 Å². The van der Waals surface area contributed by atoms with Gasteiger partial charge in [0.15, 0.2) is 5.43 Å². The lowest BCUT2D eigenvalue weighted by molar-refractivity contribution is 0.0593. The number of rotatable bonds is 10. The summed E-state index contributed by atoms with van der Waals surface area (Å²) in [5, 5.41) is 0.864. The van der Waals surface area contributed by atoms with E-state index in [4.69, 9.17) is 25.5 Å². The van der Waals surface area contributed by atoms with Gasteiger partial charge in [0.2, 0.25) is 5.76 Å². The molecule has 0 saturated carbocycles. The highest BCUT2D eigenvalue weighted by atomic mass is 35.5. The van der Waals surface area contributed by atoms with Crippen LogP contribution in [0.2, 0.25) is 5.02 Å². The molecule has 1 aliphatic heterocycles. The van der Waals surface area contributed by atoms with Crippen molar-refractivity contribution in [3.05, 3.63) is 74.1 Å². The predicted octanol–water partition coefficient (Wildman–Crippen LogP) is 6.29. The standard InChI is InChI=1S/C28H32ClNO5/c1-5-6-13-34-20-10-8-19(9-11-20)25-24-26(31)21-16-22(29)18(4)15-23(21)35-27(24)28(32)30(25)12-7-14-33-17(2)3/h8-11,15-17,25H,5-7,12-14H2,1-4H3. The number of nitrogens with zero attached hydrogens (tertiary/aromatic N) is 1. The van der Waals surface area contributed by atoms with E-state index in [0.717, 1.165) is 29.7 Å². The van der Waals surface area contributed by atoms with E-state index >= 15 is 0 Å². The molecule has 2 heterocycles. The third kappa shape index (κ3) is 5.24. The molecule has 0 saturated heterocycles. The molecule has 186 valence electrons. The average molecular weight is 498 g/mol. The number of fused-ring (bicyclic) bond motifs is 2. The molecule has 1 aromatic heterocycles. The van der Waals surface area contributed by atoms with Gasteiger partial charge in [0.1, 0.15) is 11.3 Å². The Balaban J connectivity index is 1.75. The van der Waals surface area contributed by atoms with Crippen molar-refractivity contribution in [1.29, 1.82) is 0 Å². The molecule has 1 amide bonds. The summed E-state index contributed by atoms with van der Waals surface area (Å²) in [6, 6.07) is 10.4. The SMILES string of the molecule is CCCCOc1ccc(C2c3c(oc4cc(C)c(Cl)cc4c3=O)C(=O)N2CCCOC(C)C)cc1. The molecular weight excluding hydrogens is 466 g/mol. The first kappa shape index (κ1) is 25.3. The Bertz CT molecular complexity index is 1270. The molecule has 0 N–H and O–H groups in total. The zero-order chi connectivity index (χ0) is 25.1. The first-order valence-corrected chi connectivity index (χ1v) is 12.6. The minimum atomic E-state index is -0.554. The smallest absolute Gasteiger partial charge is 0.290 e. The second kappa shape index (κ2) is 10.8. The Morgan fingerprint density at radius 1 is 1.09 bits per heavy atom. The maximum absolute atomic E-state index is 13.7. The highest BCUT2D eigenvalue weighted by molar-refractivity contribution is 6.32. The Labute approximate surface area is 210 Å². The predicted molar refractivity (Wildman–Crippen MR) is 138 cm³/mol. The van der Waals surface area contributed by atoms with E-state index in [9.17, 15) is 9.59 Å². The van der Waals surface area contributed by atoms with Gasteiger partial charge in [-0.05, 0) is 69.0 Å². The molecule has 3 aromatic rings. The summed E-state index contributed by atoms with van der Waals surface area (Å²) in [7, 11) is 0. The lowest BCUT2D eigenvalue weighted by Gasteiger charge is -2.25. The molecular formula is C28H32ClNO5. The minimum absolute atomic E-state index is 0.0993. The van der Waals surface area contributed by atoms with E-state index in [2.05, 4.69) is 6.92 Å². The zero-order valence-electron chi connectivity index (χ0n) is 20.7. The summed E-state index contributed by atoms with van der Waals surface area (Å²) in [6.45, 7) is 9.52. The van der Waals surface area contributed by atoms with Crippen molar-refractivity contribution in [2.75, 3.05) is 19.8 Å². The fourth-order valence-electron chi connectivity index (χ4n) is 4.35. The normalized spacial score (nSPS) is 15.3. The third-order valence-electron chi connectivity index (χ3n) is 6.20. The topological polar surface area (TPSA) is 69.0 Å². The number of halogens is 1. The fraction of sp³-hybridized carbons (Fsp3) is 0.429. The molecule has 0 bridgehead atoms. The zero-order valence-corrected chi connectivity index (χ0v) is 21.5. The van der Waals surface area contributed by atoms with Gasteiger partial charge >= 0.3 is 0 Å². The van der Waals surface area contributed by atoms with Gasteiger partial charge in [-0.1, -0.05) is 37.1 Å². The van der Waals surface area contributed by atoms with Gasteiger partial charge in [-0.15, -0.1) is 0 Å². The van der Waals surface area contributed by atoms with Gasteiger partial charge < -0.3 is 18.8 Å². The van der Waals surface area contributed by atoms with Crippen LogP contribution in [0.25, 0.3) is 11.0 Å². The molecule has 2 aromatic carbocycles. The van der Waals surface area contributed by atoms with E-state index < -0.39 is 6.04 Å². The number of carbonyl (C=O) groups excluding carboxylic acids is 1. The maximum Gasteiger partial charge on any atom is 0.290 e. The van der Waals surface area contributed by atoms with Gasteiger partial charge in [-0.3, -0.25) is 9.59 Å². The number of unbranched alkanes of at least 4 members (excludes halogenated alkanes) is 1. The molecule has 0 fully saturated rings. The summed E-state index contributed by atoms with van der Waals surface area (Å²) >= 11 is 6.32. The number of ether oxygens (including phenoxy) is 2. The van der Waals surface area contributed by atoms with Crippen LogP contribution in [-0.4, -0.2) is 36.7 Å². The number of benzene rings is 2. The first-order chi connectivity index (χ1) is 16.8. The number of amides is 1. The summed E-state index contributed by atoms with van der Waals surface area (Å²) in [5.41, 5.74) is 2.10. The Morgan fingerprint density at radius 3 is 2.51 bits per heavy atom. The Morgan fingerprint density at radius 2 is 1.83 bits per heavy atom. The Hall–Kier alpha value is -2.83. The summed E-state index contributed by atoms with van der Waals surface area (Å²) in [6.07, 6.45) is 2.79. The molecule has 6 nitrogen and oxygen atoms in total. The lowest BCUT2D eigenvalue weighted by atomic mass is 9.98. The Kier molecular flexibility index (Phi) is 7.82. The summed E-state index contributed by atoms with van der Waals surface area (Å²) in [4.78, 5) is 28.9. The number of carbonyl (C=O) groups is 1. The van der Waals surface area contributed by atoms with Gasteiger partial charge in [-0.25, -0.2) is 0 Å². The number of hydrogen-bond donors (Lipinski definition) is 0. The molecule has 35 heavy (non-hydrogen) atoms. The van der Waals surface area contributed by atoms with Crippen LogP contribution < -0.4 is 10.2 Å². The van der Waals surface area contributed by atoms with Crippen LogP contribution in [0.4, 0.5) is 0 Å². The van der Waals surface area contributed by atoms with Gasteiger partial charge in [0, 0.05) is 18.2 Å². The van der Waals surface area contributed by atoms with Crippen LogP contribution in [0, 0.1) is 6.92 Å². The van der Waals surface area contributed by atoms with E-state index in [-0.39, 0.29) is 23.2 Å². The highest BCUT2D eigenvalue weighted by Gasteiger charge is 2.42. The van der Waals surface area contributed by atoms with Crippen molar-refractivity contribution in [1.82, 2.24) is 4.90 Å². The minimum Gasteiger partial charge on any atom is -0.494 e. The van der Waals surface area contributed by atoms with Crippen molar-refractivity contribution < 1.29 is 18.7 Å². The molecule has 0 spiro atoms. The van der Waals surface area contributed by atoms with Gasteiger partial charge in [0.25, 0.3) is 5.91 Å². The van der Waals surface area contributed by atoms with Crippen LogP contribution in [-0.2, 0) is 4.74 Å². The number of hydrogen-bond acceptors (Lipinski definition) is 5. The lowest BCUT2D eigenvalue weighted by Crippen LogP contribution is -2.31. The number of aryl methyl sites for hydroxylation is 1. The average Bonchev–Trinajstić information content (AvgIpc) is 3.10. The first-order valence-electron chi connectivity index (χ1n) is 12.2. The van der Waals surface area contributed by atoms with Crippen molar-refractivity contribution in [2.24, 2.45) is 0 Å². The quantitative estimate of drug-likeness (QED) is 0.308. The van der Waals surface area contributed by atoms with E-state index in [1.54, 1.807) is 17.0 Å². The molecule has 4 rings (SSSR count). The second-order valence-electron chi connectivity index (χ2n) is 9.22. The van der Waals surface area contributed by atoms with Crippen LogP contribution in [0.1, 0.15) is 73.3 Å². The second-order valence-corrected chi connectivity index (χ2v) is 9.62. The van der Waals surface area contributed by atoms with Crippen LogP contribution in [0.15, 0.2) is 45.6 Å². The third-order valence-corrected chi connectivity index (χ3v) is 6.61. The summed E-state index contributed by atoms with van der Waals surface area (Å²) in [5.74, 6) is 0.572. The molecule has 0 radical (unpaired) electrons. The molecule has 1 atom stereocenters. The molecule has 1 aliphatic rings. The van der Waals surface area contributed by atoms with Crippen molar-refractivity contribution in [3.63, 3.8) is 0 Å². The molecule has 7 heteroatoms. The summed E-state index contributed by atoms with van der Waals surface area (Å²) < 4.78 is 17.5. The maximum atomic E-state index is 13.7. The largest absolute Gasteiger partial charge is 0.494 e. The van der Waals surface area contributed by atoms with Gasteiger partial charge in [0.05, 0.1) is 29.7 Å². The molecule has 0 aliphatic carbocycles. The van der Waals surface area contributed by atoms with Crippen molar-refractivity contribution in [2.45, 2.75) is 59.1 Å². The van der Waals surface area contributed by atoms with Crippen molar-refractivity contribution >= 4 is 28.5 Å². The van der Waals surface area contributed by atoms with Crippen LogP contribution in [0.3, 0.4) is 0 Å². The van der Waals surface area contributed by atoms with Crippen molar-refractivity contribution in [3.8, 4) is 5.75 Å². The van der Waals surface area contributed by atoms with E-state index in [1.807, 2.05) is 45.0 Å². The van der Waals surface area contributed by atoms with Gasteiger partial charge in [-0.2, -0.15) is 0 Å². The van der Waals surface area contributed by atoms with E-state index in [0.29, 0.717) is 47.7 Å². The molecule has 1 unspecified atom stereocenters. The fourth-order valence-corrected chi connectivity index (χ4v) is 4.52. The monoisotopic (exact) mass is 497 g/mol.